The van der Waals surface area contributed by atoms with E-state index in [0.29, 0.717) is 12.1 Å². The lowest BCUT2D eigenvalue weighted by Crippen LogP contribution is -2.16. The Labute approximate surface area is 125 Å². The fourth-order valence-corrected chi connectivity index (χ4v) is 1.69. The zero-order valence-electron chi connectivity index (χ0n) is 11.3. The van der Waals surface area contributed by atoms with Gasteiger partial charge >= 0.3 is 12.4 Å². The number of hydrogen-bond acceptors (Lipinski definition) is 3. The van der Waals surface area contributed by atoms with Gasteiger partial charge in [0.25, 0.3) is 5.91 Å². The summed E-state index contributed by atoms with van der Waals surface area (Å²) in [6, 6.07) is 0.774. The molecular formula is C13H8F6N2O2. The summed E-state index contributed by atoms with van der Waals surface area (Å²) < 4.78 is 80.9. The van der Waals surface area contributed by atoms with Crippen molar-refractivity contribution in [1.29, 1.82) is 0 Å². The molecule has 10 heteroatoms. The van der Waals surface area contributed by atoms with Crippen LogP contribution in [0.3, 0.4) is 0 Å². The van der Waals surface area contributed by atoms with Crippen LogP contribution in [-0.2, 0) is 12.4 Å². The molecule has 2 aromatic rings. The maximum absolute atomic E-state index is 12.7. The molecule has 0 radical (unpaired) electrons. The molecule has 0 aliphatic heterocycles. The molecule has 1 aromatic carbocycles. The third kappa shape index (κ3) is 4.02. The fraction of sp³-hybridized carbons (Fsp3) is 0.231. The lowest BCUT2D eigenvalue weighted by Gasteiger charge is -2.14. The van der Waals surface area contributed by atoms with Gasteiger partial charge in [0.15, 0.2) is 11.6 Å². The average Bonchev–Trinajstić information content (AvgIpc) is 2.83. The topological polar surface area (TPSA) is 55.1 Å². The standard InChI is InChI=1S/C13H8F6N2O2/c1-6-20-10(5-23-6)11(22)21-9-3-7(12(14,15)16)2-8(4-9)13(17,18)19/h2-5H,1H3,(H,21,22). The molecule has 124 valence electrons. The van der Waals surface area contributed by atoms with Gasteiger partial charge in [-0.2, -0.15) is 26.3 Å². The highest BCUT2D eigenvalue weighted by molar-refractivity contribution is 6.02. The van der Waals surface area contributed by atoms with E-state index in [-0.39, 0.29) is 17.7 Å². The molecule has 1 amide bonds. The Morgan fingerprint density at radius 2 is 1.57 bits per heavy atom. The number of oxazole rings is 1. The number of aryl methyl sites for hydroxylation is 1. The van der Waals surface area contributed by atoms with Gasteiger partial charge in [-0.15, -0.1) is 0 Å². The second kappa shape index (κ2) is 5.60. The number of carbonyl (C=O) groups excluding carboxylic acids is 1. The van der Waals surface area contributed by atoms with Gasteiger partial charge < -0.3 is 9.73 Å². The van der Waals surface area contributed by atoms with Crippen molar-refractivity contribution in [1.82, 2.24) is 4.98 Å². The third-order valence-electron chi connectivity index (χ3n) is 2.70. The molecule has 0 bridgehead atoms. The van der Waals surface area contributed by atoms with Crippen molar-refractivity contribution in [3.8, 4) is 0 Å². The van der Waals surface area contributed by atoms with E-state index in [4.69, 9.17) is 4.42 Å². The van der Waals surface area contributed by atoms with Crippen LogP contribution in [-0.4, -0.2) is 10.9 Å². The first-order valence-corrected chi connectivity index (χ1v) is 6.00. The molecule has 0 aliphatic carbocycles. The molecule has 0 spiro atoms. The van der Waals surface area contributed by atoms with Crippen LogP contribution in [0.5, 0.6) is 0 Å². The van der Waals surface area contributed by atoms with Crippen molar-refractivity contribution >= 4 is 11.6 Å². The first-order valence-electron chi connectivity index (χ1n) is 6.00. The number of hydrogen-bond donors (Lipinski definition) is 1. The van der Waals surface area contributed by atoms with Gasteiger partial charge in [0.1, 0.15) is 6.26 Å². The Morgan fingerprint density at radius 3 is 1.96 bits per heavy atom. The number of benzene rings is 1. The van der Waals surface area contributed by atoms with Gasteiger partial charge in [-0.3, -0.25) is 4.79 Å². The maximum atomic E-state index is 12.7. The molecule has 0 fully saturated rings. The van der Waals surface area contributed by atoms with Gasteiger partial charge in [0.05, 0.1) is 11.1 Å². The summed E-state index contributed by atoms with van der Waals surface area (Å²) in [5.74, 6) is -0.871. The Hall–Kier alpha value is -2.52. The molecule has 1 aromatic heterocycles. The van der Waals surface area contributed by atoms with Gasteiger partial charge in [-0.25, -0.2) is 4.98 Å². The van der Waals surface area contributed by atoms with E-state index in [0.717, 1.165) is 6.26 Å². The summed E-state index contributed by atoms with van der Waals surface area (Å²) in [5, 5.41) is 1.94. The largest absolute Gasteiger partial charge is 0.448 e. The smallest absolute Gasteiger partial charge is 0.416 e. The van der Waals surface area contributed by atoms with E-state index >= 15 is 0 Å². The summed E-state index contributed by atoms with van der Waals surface area (Å²) in [6.07, 6.45) is -9.06. The van der Waals surface area contributed by atoms with Crippen LogP contribution in [0.15, 0.2) is 28.9 Å². The minimum Gasteiger partial charge on any atom is -0.448 e. The Kier molecular flexibility index (Phi) is 4.10. The van der Waals surface area contributed by atoms with Crippen molar-refractivity contribution in [2.75, 3.05) is 5.32 Å². The zero-order chi connectivity index (χ0) is 17.4. The molecule has 23 heavy (non-hydrogen) atoms. The number of amides is 1. The monoisotopic (exact) mass is 338 g/mol. The first-order chi connectivity index (χ1) is 10.5. The molecule has 2 rings (SSSR count). The highest BCUT2D eigenvalue weighted by Crippen LogP contribution is 2.37. The van der Waals surface area contributed by atoms with Crippen LogP contribution in [0.25, 0.3) is 0 Å². The van der Waals surface area contributed by atoms with E-state index < -0.39 is 35.1 Å². The predicted molar refractivity (Wildman–Crippen MR) is 65.6 cm³/mol. The van der Waals surface area contributed by atoms with E-state index in [2.05, 4.69) is 4.98 Å². The number of alkyl halides is 6. The van der Waals surface area contributed by atoms with E-state index in [1.54, 1.807) is 0 Å². The van der Waals surface area contributed by atoms with Crippen LogP contribution in [0.1, 0.15) is 27.5 Å². The number of halogens is 6. The van der Waals surface area contributed by atoms with Crippen LogP contribution in [0.4, 0.5) is 32.0 Å². The number of anilines is 1. The summed E-state index contributed by atoms with van der Waals surface area (Å²) >= 11 is 0. The van der Waals surface area contributed by atoms with Gasteiger partial charge in [0.2, 0.25) is 0 Å². The molecule has 0 aliphatic rings. The first kappa shape index (κ1) is 16.8. The number of rotatable bonds is 2. The average molecular weight is 338 g/mol. The van der Waals surface area contributed by atoms with Gasteiger partial charge in [0, 0.05) is 12.6 Å². The third-order valence-corrected chi connectivity index (χ3v) is 2.70. The lowest BCUT2D eigenvalue weighted by molar-refractivity contribution is -0.143. The Morgan fingerprint density at radius 1 is 1.04 bits per heavy atom. The quantitative estimate of drug-likeness (QED) is 0.832. The Bertz CT molecular complexity index is 701. The SMILES string of the molecule is Cc1nc(C(=O)Nc2cc(C(F)(F)F)cc(C(F)(F)F)c2)co1. The second-order valence-electron chi connectivity index (χ2n) is 4.50. The van der Waals surface area contributed by atoms with Gasteiger partial charge in [-0.1, -0.05) is 0 Å². The molecular weight excluding hydrogens is 330 g/mol. The maximum Gasteiger partial charge on any atom is 0.416 e. The molecule has 1 N–H and O–H groups in total. The normalized spacial score (nSPS) is 12.3. The fourth-order valence-electron chi connectivity index (χ4n) is 1.69. The van der Waals surface area contributed by atoms with Crippen molar-refractivity contribution in [3.05, 3.63) is 47.2 Å². The van der Waals surface area contributed by atoms with Crippen molar-refractivity contribution in [3.63, 3.8) is 0 Å². The highest BCUT2D eigenvalue weighted by atomic mass is 19.4. The number of aromatic nitrogens is 1. The number of carbonyl (C=O) groups is 1. The minimum atomic E-state index is -4.99. The molecule has 0 unspecified atom stereocenters. The predicted octanol–water partition coefficient (Wildman–Crippen LogP) is 4.27. The summed E-state index contributed by atoms with van der Waals surface area (Å²) in [4.78, 5) is 15.4. The van der Waals surface area contributed by atoms with Crippen LogP contribution >= 0.6 is 0 Å². The van der Waals surface area contributed by atoms with Crippen molar-refractivity contribution in [2.24, 2.45) is 0 Å². The zero-order valence-corrected chi connectivity index (χ0v) is 11.3. The molecule has 0 atom stereocenters. The molecule has 4 nitrogen and oxygen atoms in total. The molecule has 0 saturated heterocycles. The molecule has 1 heterocycles. The molecule has 0 saturated carbocycles. The van der Waals surface area contributed by atoms with Crippen LogP contribution in [0.2, 0.25) is 0 Å². The second-order valence-corrected chi connectivity index (χ2v) is 4.50. The van der Waals surface area contributed by atoms with Crippen molar-refractivity contribution < 1.29 is 35.6 Å². The van der Waals surface area contributed by atoms with E-state index in [1.165, 1.54) is 6.92 Å². The summed E-state index contributed by atoms with van der Waals surface area (Å²) in [7, 11) is 0. The summed E-state index contributed by atoms with van der Waals surface area (Å²) in [5.41, 5.74) is -3.98. The number of nitrogens with one attached hydrogen (secondary N) is 1. The van der Waals surface area contributed by atoms with E-state index in [9.17, 15) is 31.1 Å². The van der Waals surface area contributed by atoms with Crippen LogP contribution < -0.4 is 5.32 Å². The summed E-state index contributed by atoms with van der Waals surface area (Å²) in [6.45, 7) is 1.42. The van der Waals surface area contributed by atoms with Gasteiger partial charge in [-0.05, 0) is 18.2 Å². The van der Waals surface area contributed by atoms with Crippen molar-refractivity contribution in [2.45, 2.75) is 19.3 Å². The van der Waals surface area contributed by atoms with E-state index in [1.807, 2.05) is 5.32 Å². The highest BCUT2D eigenvalue weighted by Gasteiger charge is 2.37. The lowest BCUT2D eigenvalue weighted by atomic mass is 10.1. The number of nitrogens with zero attached hydrogens (tertiary/aromatic N) is 1. The Balaban J connectivity index is 2.39. The minimum absolute atomic E-state index is 0.0318. The van der Waals surface area contributed by atoms with Crippen LogP contribution in [0, 0.1) is 6.92 Å².